The molecule has 2 aromatic carbocycles. The molecule has 170 valence electrons. The van der Waals surface area contributed by atoms with Crippen molar-refractivity contribution < 1.29 is 29.0 Å². The van der Waals surface area contributed by atoms with Gasteiger partial charge in [-0.1, -0.05) is 55.5 Å². The first-order valence-corrected chi connectivity index (χ1v) is 10.5. The molecule has 8 nitrogen and oxygen atoms in total. The van der Waals surface area contributed by atoms with Crippen LogP contribution in [0, 0.1) is 0 Å². The molecule has 0 heterocycles. The number of ether oxygens (including phenoxy) is 2. The Morgan fingerprint density at radius 3 is 2.12 bits per heavy atom. The molecule has 0 saturated carbocycles. The van der Waals surface area contributed by atoms with E-state index in [9.17, 15) is 19.5 Å². The molecule has 0 aromatic heterocycles. The molecule has 3 N–H and O–H groups in total. The topological polar surface area (TPSA) is 114 Å². The van der Waals surface area contributed by atoms with E-state index in [-0.39, 0.29) is 25.6 Å². The van der Waals surface area contributed by atoms with Crippen molar-refractivity contribution >= 4 is 18.0 Å². The number of carboxylic acids is 1. The summed E-state index contributed by atoms with van der Waals surface area (Å²) < 4.78 is 10.4. The number of carboxylic acid groups (broad SMARTS) is 1. The minimum absolute atomic E-state index is 0.0981. The van der Waals surface area contributed by atoms with Gasteiger partial charge in [-0.2, -0.15) is 0 Å². The molecular weight excluding hydrogens is 412 g/mol. The second kappa shape index (κ2) is 9.82. The van der Waals surface area contributed by atoms with Crippen LogP contribution in [0.3, 0.4) is 0 Å². The van der Waals surface area contributed by atoms with Gasteiger partial charge in [0, 0.05) is 13.0 Å². The van der Waals surface area contributed by atoms with Crippen molar-refractivity contribution in [3.63, 3.8) is 0 Å². The summed E-state index contributed by atoms with van der Waals surface area (Å²) in [5.41, 5.74) is 2.80. The Balaban J connectivity index is 1.64. The highest BCUT2D eigenvalue weighted by atomic mass is 16.5. The van der Waals surface area contributed by atoms with Crippen molar-refractivity contribution in [2.45, 2.75) is 37.8 Å². The standard InChI is InChI=1S/C24H28N2O6/c1-4-20(21(27)26-24(2,14-31-3)22(28)29)25-23(30)32-13-19-17-11-7-5-9-15(17)16-10-6-8-12-18(16)19/h5-12,19-20H,4,13-14H2,1-3H3,(H,25,30)(H,26,27)(H,28,29)/t20-,24?/m0/s1. The Hall–Kier alpha value is -3.39. The van der Waals surface area contributed by atoms with E-state index in [1.54, 1.807) is 6.92 Å². The van der Waals surface area contributed by atoms with Crippen LogP contribution in [0.2, 0.25) is 0 Å². The Morgan fingerprint density at radius 1 is 1.06 bits per heavy atom. The van der Waals surface area contributed by atoms with Gasteiger partial charge < -0.3 is 25.2 Å². The quantitative estimate of drug-likeness (QED) is 0.553. The zero-order chi connectivity index (χ0) is 23.3. The first kappa shape index (κ1) is 23.3. The molecule has 0 spiro atoms. The van der Waals surface area contributed by atoms with Gasteiger partial charge in [-0.15, -0.1) is 0 Å². The average Bonchev–Trinajstić information content (AvgIpc) is 3.09. The maximum atomic E-state index is 12.6. The van der Waals surface area contributed by atoms with Crippen LogP contribution in [0.5, 0.6) is 0 Å². The van der Waals surface area contributed by atoms with E-state index in [0.29, 0.717) is 0 Å². The lowest BCUT2D eigenvalue weighted by atomic mass is 9.98. The summed E-state index contributed by atoms with van der Waals surface area (Å²) in [6.07, 6.45) is -0.476. The summed E-state index contributed by atoms with van der Waals surface area (Å²) in [4.78, 5) is 36.6. The van der Waals surface area contributed by atoms with E-state index in [0.717, 1.165) is 22.3 Å². The maximum absolute atomic E-state index is 12.6. The number of methoxy groups -OCH3 is 1. The van der Waals surface area contributed by atoms with Crippen LogP contribution in [-0.4, -0.2) is 55.0 Å². The third-order valence-electron chi connectivity index (χ3n) is 5.66. The third kappa shape index (κ3) is 4.75. The van der Waals surface area contributed by atoms with Gasteiger partial charge in [0.2, 0.25) is 5.91 Å². The van der Waals surface area contributed by atoms with Crippen LogP contribution >= 0.6 is 0 Å². The summed E-state index contributed by atoms with van der Waals surface area (Å²) in [6.45, 7) is 2.96. The SMILES string of the molecule is CC[C@H](NC(=O)OCC1c2ccccc2-c2ccccc21)C(=O)NC(C)(COC)C(=O)O. The number of amides is 2. The fraction of sp³-hybridized carbons (Fsp3) is 0.375. The van der Waals surface area contributed by atoms with Gasteiger partial charge in [-0.25, -0.2) is 9.59 Å². The normalized spacial score (nSPS) is 15.1. The number of carbonyl (C=O) groups is 3. The van der Waals surface area contributed by atoms with E-state index < -0.39 is 29.6 Å². The monoisotopic (exact) mass is 440 g/mol. The van der Waals surface area contributed by atoms with Gasteiger partial charge in [-0.05, 0) is 35.6 Å². The molecule has 0 saturated heterocycles. The van der Waals surface area contributed by atoms with Crippen molar-refractivity contribution in [3.8, 4) is 11.1 Å². The molecule has 3 rings (SSSR count). The van der Waals surface area contributed by atoms with Crippen LogP contribution in [0.1, 0.15) is 37.3 Å². The lowest BCUT2D eigenvalue weighted by molar-refractivity contribution is -0.149. The predicted octanol–water partition coefficient (Wildman–Crippen LogP) is 2.91. The molecule has 2 aromatic rings. The summed E-state index contributed by atoms with van der Waals surface area (Å²) in [7, 11) is 1.35. The van der Waals surface area contributed by atoms with Crippen LogP contribution in [0.4, 0.5) is 4.79 Å². The van der Waals surface area contributed by atoms with E-state index in [4.69, 9.17) is 9.47 Å². The predicted molar refractivity (Wildman–Crippen MR) is 118 cm³/mol. The highest BCUT2D eigenvalue weighted by molar-refractivity contribution is 5.91. The second-order valence-corrected chi connectivity index (χ2v) is 7.99. The maximum Gasteiger partial charge on any atom is 0.407 e. The van der Waals surface area contributed by atoms with E-state index >= 15 is 0 Å². The van der Waals surface area contributed by atoms with E-state index in [1.165, 1.54) is 14.0 Å². The lowest BCUT2D eigenvalue weighted by Crippen LogP contribution is -2.59. The van der Waals surface area contributed by atoms with Crippen LogP contribution in [0.25, 0.3) is 11.1 Å². The number of alkyl carbamates (subject to hydrolysis) is 1. The van der Waals surface area contributed by atoms with Gasteiger partial charge in [-0.3, -0.25) is 4.79 Å². The number of hydrogen-bond donors (Lipinski definition) is 3. The lowest BCUT2D eigenvalue weighted by Gasteiger charge is -2.27. The van der Waals surface area contributed by atoms with Gasteiger partial charge >= 0.3 is 12.1 Å². The Morgan fingerprint density at radius 2 is 1.62 bits per heavy atom. The molecule has 32 heavy (non-hydrogen) atoms. The molecule has 2 atom stereocenters. The first-order chi connectivity index (χ1) is 15.3. The number of nitrogens with one attached hydrogen (secondary N) is 2. The van der Waals surface area contributed by atoms with Gasteiger partial charge in [0.05, 0.1) is 6.61 Å². The highest BCUT2D eigenvalue weighted by Crippen LogP contribution is 2.44. The number of benzene rings is 2. The molecule has 0 fully saturated rings. The van der Waals surface area contributed by atoms with Crippen molar-refractivity contribution in [1.29, 1.82) is 0 Å². The number of carbonyl (C=O) groups excluding carboxylic acids is 2. The average molecular weight is 440 g/mol. The second-order valence-electron chi connectivity index (χ2n) is 7.99. The number of aliphatic carboxylic acids is 1. The van der Waals surface area contributed by atoms with Gasteiger partial charge in [0.25, 0.3) is 0 Å². The van der Waals surface area contributed by atoms with Gasteiger partial charge in [0.15, 0.2) is 5.54 Å². The molecule has 0 radical (unpaired) electrons. The van der Waals surface area contributed by atoms with Crippen LogP contribution < -0.4 is 10.6 Å². The molecule has 0 aliphatic heterocycles. The molecule has 0 bridgehead atoms. The highest BCUT2D eigenvalue weighted by Gasteiger charge is 2.37. The number of fused-ring (bicyclic) bond motifs is 3. The van der Waals surface area contributed by atoms with Crippen molar-refractivity contribution in [2.75, 3.05) is 20.3 Å². The molecule has 2 amide bonds. The summed E-state index contributed by atoms with van der Waals surface area (Å²) in [5, 5.41) is 14.4. The minimum Gasteiger partial charge on any atom is -0.479 e. The summed E-state index contributed by atoms with van der Waals surface area (Å²) in [6, 6.07) is 15.0. The number of hydrogen-bond acceptors (Lipinski definition) is 5. The first-order valence-electron chi connectivity index (χ1n) is 10.5. The van der Waals surface area contributed by atoms with Crippen molar-refractivity contribution in [1.82, 2.24) is 10.6 Å². The zero-order valence-corrected chi connectivity index (χ0v) is 18.4. The zero-order valence-electron chi connectivity index (χ0n) is 18.4. The Labute approximate surface area is 186 Å². The Bertz CT molecular complexity index is 962. The van der Waals surface area contributed by atoms with Crippen LogP contribution in [0.15, 0.2) is 48.5 Å². The van der Waals surface area contributed by atoms with Crippen molar-refractivity contribution in [2.24, 2.45) is 0 Å². The fourth-order valence-electron chi connectivity index (χ4n) is 3.93. The number of rotatable bonds is 9. The van der Waals surface area contributed by atoms with Crippen molar-refractivity contribution in [3.05, 3.63) is 59.7 Å². The third-order valence-corrected chi connectivity index (χ3v) is 5.66. The molecule has 8 heteroatoms. The van der Waals surface area contributed by atoms with E-state index in [2.05, 4.69) is 10.6 Å². The summed E-state index contributed by atoms with van der Waals surface area (Å²) in [5.74, 6) is -1.95. The summed E-state index contributed by atoms with van der Waals surface area (Å²) >= 11 is 0. The molecule has 1 aliphatic rings. The van der Waals surface area contributed by atoms with Gasteiger partial charge in [0.1, 0.15) is 12.6 Å². The smallest absolute Gasteiger partial charge is 0.407 e. The van der Waals surface area contributed by atoms with E-state index in [1.807, 2.05) is 48.5 Å². The molecular formula is C24H28N2O6. The molecule has 1 unspecified atom stereocenters. The van der Waals surface area contributed by atoms with Crippen LogP contribution in [-0.2, 0) is 19.1 Å². The minimum atomic E-state index is -1.61. The fourth-order valence-corrected chi connectivity index (χ4v) is 3.93. The largest absolute Gasteiger partial charge is 0.479 e. The molecule has 1 aliphatic carbocycles. The Kier molecular flexibility index (Phi) is 7.15.